The average molecular weight is 606 g/mol. The Balaban J connectivity index is 1.41. The van der Waals surface area contributed by atoms with Crippen LogP contribution in [0.4, 0.5) is 14.9 Å². The molecule has 0 saturated carbocycles. The summed E-state index contributed by atoms with van der Waals surface area (Å²) in [5.74, 6) is -0.297. The van der Waals surface area contributed by atoms with Gasteiger partial charge in [-0.2, -0.15) is 4.57 Å². The lowest BCUT2D eigenvalue weighted by molar-refractivity contribution is -0.690. The largest absolute Gasteiger partial charge is 0.444 e. The highest BCUT2D eigenvalue weighted by molar-refractivity contribution is 8.08. The molecule has 0 radical (unpaired) electrons. The Morgan fingerprint density at radius 1 is 1.07 bits per heavy atom. The zero-order chi connectivity index (χ0) is 30.0. The number of nitrogens with zero attached hydrogens (tertiary/aromatic N) is 3. The number of rotatable bonds is 6. The average Bonchev–Trinajstić information content (AvgIpc) is 3.44. The Hall–Kier alpha value is -3.89. The summed E-state index contributed by atoms with van der Waals surface area (Å²) in [6.45, 7) is 8.99. The number of alkyl carbamates (subject to hydrolysis) is 1. The van der Waals surface area contributed by atoms with Gasteiger partial charge in [0.15, 0.2) is 12.7 Å². The zero-order valence-corrected chi connectivity index (χ0v) is 25.9. The second-order valence-electron chi connectivity index (χ2n) is 10.9. The number of ether oxygens (including phenoxy) is 1. The molecular formula is C32H34FN4O3S2+. The molecule has 42 heavy (non-hydrogen) atoms. The third kappa shape index (κ3) is 6.44. The number of aromatic nitrogens is 2. The van der Waals surface area contributed by atoms with Crippen LogP contribution in [0.25, 0.3) is 11.1 Å². The number of fused-ring (bicyclic) bond motifs is 1. The van der Waals surface area contributed by atoms with E-state index in [0.717, 1.165) is 31.4 Å². The van der Waals surface area contributed by atoms with Crippen LogP contribution in [0.15, 0.2) is 76.6 Å². The molecule has 1 aliphatic rings. The number of carbonyl (C=O) groups is 1. The molecule has 0 fully saturated rings. The van der Waals surface area contributed by atoms with Crippen molar-refractivity contribution in [2.75, 3.05) is 11.9 Å². The van der Waals surface area contributed by atoms with Crippen molar-refractivity contribution in [1.82, 2.24) is 9.88 Å². The van der Waals surface area contributed by atoms with Gasteiger partial charge in [0.2, 0.25) is 5.69 Å². The molecule has 10 heteroatoms. The van der Waals surface area contributed by atoms with Crippen molar-refractivity contribution in [3.8, 4) is 0 Å². The van der Waals surface area contributed by atoms with E-state index in [0.29, 0.717) is 29.9 Å². The topological polar surface area (TPSA) is 67.5 Å². The van der Waals surface area contributed by atoms with Crippen LogP contribution in [0.5, 0.6) is 0 Å². The van der Waals surface area contributed by atoms with Crippen LogP contribution >= 0.6 is 23.1 Å². The lowest BCUT2D eigenvalue weighted by Crippen LogP contribution is -2.38. The summed E-state index contributed by atoms with van der Waals surface area (Å²) in [7, 11) is 1.81. The molecule has 0 spiro atoms. The van der Waals surface area contributed by atoms with E-state index in [1.165, 1.54) is 29.2 Å². The van der Waals surface area contributed by atoms with Gasteiger partial charge in [0.1, 0.15) is 25.6 Å². The minimum absolute atomic E-state index is 0.0747. The number of hydrogen-bond acceptors (Lipinski definition) is 6. The Morgan fingerprint density at radius 2 is 1.81 bits per heavy atom. The lowest BCUT2D eigenvalue weighted by atomic mass is 10.1. The van der Waals surface area contributed by atoms with Crippen LogP contribution in [0.3, 0.4) is 0 Å². The molecule has 0 saturated heterocycles. The van der Waals surface area contributed by atoms with Gasteiger partial charge in [0.05, 0.1) is 5.69 Å². The first-order chi connectivity index (χ1) is 20.0. The standard InChI is InChI=1S/C32H33FN4O3S2/c1-6-37-26(42-28(29(37)38)30-35(5)27-24(33)11-9-12-25(27)41-30)18-23-10-7-8-17-36(23)20-22-15-13-21(14-16-22)19-34-31(39)40-32(2,3)4/h7-18H,6,19-20H2,1-5H3/p+1/b30-28+. The summed E-state index contributed by atoms with van der Waals surface area (Å²) in [4.78, 5) is 28.1. The Labute approximate surface area is 252 Å². The first kappa shape index (κ1) is 29.6. The minimum atomic E-state index is -0.540. The highest BCUT2D eigenvalue weighted by Crippen LogP contribution is 2.46. The van der Waals surface area contributed by atoms with Gasteiger partial charge in [0, 0.05) is 48.8 Å². The van der Waals surface area contributed by atoms with E-state index < -0.39 is 11.7 Å². The molecule has 7 nitrogen and oxygen atoms in total. The maximum absolute atomic E-state index is 14.6. The smallest absolute Gasteiger partial charge is 0.407 e. The molecule has 2 aromatic heterocycles. The number of anilines is 1. The maximum atomic E-state index is 14.6. The SMILES string of the molecule is CCn1c(=O)/c(=C2\Sc3cccc(F)c3N2C)s/c1=C\c1cccc[n+]1Cc1ccc(CNC(=O)OC(C)(C)C)cc1. The number of carbonyl (C=O) groups excluding carboxylic acids is 1. The molecule has 3 heterocycles. The first-order valence-electron chi connectivity index (χ1n) is 13.7. The second-order valence-corrected chi connectivity index (χ2v) is 13.0. The monoisotopic (exact) mass is 605 g/mol. The van der Waals surface area contributed by atoms with Gasteiger partial charge >= 0.3 is 6.09 Å². The van der Waals surface area contributed by atoms with Crippen molar-refractivity contribution < 1.29 is 18.5 Å². The Kier molecular flexibility index (Phi) is 8.56. The van der Waals surface area contributed by atoms with E-state index in [9.17, 15) is 14.0 Å². The number of benzene rings is 2. The highest BCUT2D eigenvalue weighted by atomic mass is 32.2. The molecule has 218 valence electrons. The van der Waals surface area contributed by atoms with Crippen LogP contribution < -0.4 is 29.5 Å². The number of nitrogens with one attached hydrogen (secondary N) is 1. The van der Waals surface area contributed by atoms with Crippen molar-refractivity contribution in [3.63, 3.8) is 0 Å². The van der Waals surface area contributed by atoms with Crippen LogP contribution in [0.2, 0.25) is 0 Å². The third-order valence-corrected chi connectivity index (χ3v) is 9.15. The van der Waals surface area contributed by atoms with Crippen LogP contribution in [-0.2, 0) is 24.4 Å². The summed E-state index contributed by atoms with van der Waals surface area (Å²) in [6, 6.07) is 19.1. The molecular weight excluding hydrogens is 572 g/mol. The van der Waals surface area contributed by atoms with E-state index in [4.69, 9.17) is 4.74 Å². The van der Waals surface area contributed by atoms with Crippen molar-refractivity contribution in [2.24, 2.45) is 0 Å². The van der Waals surface area contributed by atoms with Gasteiger partial charge < -0.3 is 15.0 Å². The molecule has 0 aliphatic carbocycles. The molecule has 4 aromatic rings. The normalized spacial score (nSPS) is 14.7. The number of halogens is 1. The summed E-state index contributed by atoms with van der Waals surface area (Å²) in [6.07, 6.45) is 3.61. The van der Waals surface area contributed by atoms with Gasteiger partial charge in [-0.3, -0.25) is 9.36 Å². The van der Waals surface area contributed by atoms with E-state index in [1.807, 2.05) is 88.5 Å². The maximum Gasteiger partial charge on any atom is 0.407 e. The van der Waals surface area contributed by atoms with E-state index in [1.54, 1.807) is 22.6 Å². The van der Waals surface area contributed by atoms with Crippen molar-refractivity contribution in [1.29, 1.82) is 0 Å². The third-order valence-electron chi connectivity index (χ3n) is 6.68. The molecule has 1 N–H and O–H groups in total. The number of pyridine rings is 1. The molecule has 0 bridgehead atoms. The summed E-state index contributed by atoms with van der Waals surface area (Å²) in [5, 5.41) is 3.53. The molecule has 0 unspecified atom stereocenters. The van der Waals surface area contributed by atoms with E-state index >= 15 is 0 Å². The fourth-order valence-electron chi connectivity index (χ4n) is 4.68. The predicted molar refractivity (Wildman–Crippen MR) is 166 cm³/mol. The van der Waals surface area contributed by atoms with Gasteiger partial charge in [-0.25, -0.2) is 9.18 Å². The van der Waals surface area contributed by atoms with Crippen LogP contribution in [0, 0.1) is 5.82 Å². The summed E-state index contributed by atoms with van der Waals surface area (Å²) in [5.41, 5.74) is 2.92. The van der Waals surface area contributed by atoms with Gasteiger partial charge in [0.25, 0.3) is 5.56 Å². The molecule has 5 rings (SSSR count). The summed E-state index contributed by atoms with van der Waals surface area (Å²) < 4.78 is 25.2. The van der Waals surface area contributed by atoms with Gasteiger partial charge in [-0.1, -0.05) is 42.1 Å². The number of amides is 1. The first-order valence-corrected chi connectivity index (χ1v) is 15.4. The van der Waals surface area contributed by atoms with Crippen molar-refractivity contribution in [2.45, 2.75) is 57.8 Å². The van der Waals surface area contributed by atoms with Crippen LogP contribution in [-0.4, -0.2) is 23.3 Å². The number of thiazole rings is 1. The second kappa shape index (κ2) is 12.1. The molecule has 1 aliphatic heterocycles. The zero-order valence-electron chi connectivity index (χ0n) is 24.3. The van der Waals surface area contributed by atoms with Gasteiger partial charge in [-0.05, 0) is 51.5 Å². The highest BCUT2D eigenvalue weighted by Gasteiger charge is 2.27. The summed E-state index contributed by atoms with van der Waals surface area (Å²) >= 11 is 2.85. The van der Waals surface area contributed by atoms with Crippen molar-refractivity contribution in [3.05, 3.63) is 109 Å². The molecule has 0 atom stereocenters. The van der Waals surface area contributed by atoms with Crippen LogP contribution in [0.1, 0.15) is 44.5 Å². The van der Waals surface area contributed by atoms with Crippen molar-refractivity contribution >= 4 is 46.0 Å². The quantitative estimate of drug-likeness (QED) is 0.327. The fraction of sp³-hybridized carbons (Fsp3) is 0.281. The number of para-hydroxylation sites is 1. The minimum Gasteiger partial charge on any atom is -0.444 e. The number of hydrogen-bond donors (Lipinski definition) is 1. The Bertz CT molecular complexity index is 1810. The number of thioether (sulfide) groups is 1. The predicted octanol–water partition coefficient (Wildman–Crippen LogP) is 4.57. The van der Waals surface area contributed by atoms with E-state index in [2.05, 4.69) is 9.88 Å². The van der Waals surface area contributed by atoms with Gasteiger partial charge in [-0.15, -0.1) is 11.3 Å². The lowest BCUT2D eigenvalue weighted by Gasteiger charge is -2.19. The Morgan fingerprint density at radius 3 is 2.50 bits per heavy atom. The molecule has 1 amide bonds. The van der Waals surface area contributed by atoms with E-state index in [-0.39, 0.29) is 11.4 Å². The molecule has 2 aromatic carbocycles. The fourth-order valence-corrected chi connectivity index (χ4v) is 7.16.